The molecule has 2 N–H and O–H groups in total. The zero-order chi connectivity index (χ0) is 12.1. The molecule has 0 aromatic heterocycles. The smallest absolute Gasteiger partial charge is 0.122 e. The van der Waals surface area contributed by atoms with Crippen LogP contribution in [0.2, 0.25) is 0 Å². The SMILES string of the molecule is CC(CO)NCCc1ccc2c(c1)CCCO2. The molecule has 2 rings (SSSR count). The summed E-state index contributed by atoms with van der Waals surface area (Å²) < 4.78 is 5.59. The van der Waals surface area contributed by atoms with E-state index in [0.717, 1.165) is 38.2 Å². The Morgan fingerprint density at radius 1 is 1.47 bits per heavy atom. The lowest BCUT2D eigenvalue weighted by Crippen LogP contribution is -2.31. The average Bonchev–Trinajstić information content (AvgIpc) is 2.38. The van der Waals surface area contributed by atoms with Crippen LogP contribution in [0.5, 0.6) is 5.75 Å². The fraction of sp³-hybridized carbons (Fsp3) is 0.571. The van der Waals surface area contributed by atoms with Gasteiger partial charge in [0.15, 0.2) is 0 Å². The molecule has 1 unspecified atom stereocenters. The van der Waals surface area contributed by atoms with Gasteiger partial charge in [-0.05, 0) is 49.9 Å². The number of aliphatic hydroxyl groups excluding tert-OH is 1. The van der Waals surface area contributed by atoms with Gasteiger partial charge in [-0.25, -0.2) is 0 Å². The van der Waals surface area contributed by atoms with Crippen molar-refractivity contribution in [1.82, 2.24) is 5.32 Å². The predicted octanol–water partition coefficient (Wildman–Crippen LogP) is 1.52. The van der Waals surface area contributed by atoms with Gasteiger partial charge in [-0.3, -0.25) is 0 Å². The van der Waals surface area contributed by atoms with E-state index in [0.29, 0.717) is 0 Å². The van der Waals surface area contributed by atoms with Gasteiger partial charge in [-0.2, -0.15) is 0 Å². The van der Waals surface area contributed by atoms with Crippen molar-refractivity contribution in [3.05, 3.63) is 29.3 Å². The van der Waals surface area contributed by atoms with Crippen molar-refractivity contribution in [3.8, 4) is 5.75 Å². The predicted molar refractivity (Wildman–Crippen MR) is 68.5 cm³/mol. The molecular formula is C14H21NO2. The lowest BCUT2D eigenvalue weighted by molar-refractivity contribution is 0.252. The molecule has 1 heterocycles. The molecule has 0 saturated heterocycles. The molecule has 3 heteroatoms. The monoisotopic (exact) mass is 235 g/mol. The lowest BCUT2D eigenvalue weighted by atomic mass is 10.0. The third-order valence-corrected chi connectivity index (χ3v) is 3.15. The first kappa shape index (κ1) is 12.4. The molecule has 0 fully saturated rings. The van der Waals surface area contributed by atoms with Crippen molar-refractivity contribution < 1.29 is 9.84 Å². The van der Waals surface area contributed by atoms with Gasteiger partial charge < -0.3 is 15.2 Å². The van der Waals surface area contributed by atoms with Crippen molar-refractivity contribution >= 4 is 0 Å². The summed E-state index contributed by atoms with van der Waals surface area (Å²) in [4.78, 5) is 0. The van der Waals surface area contributed by atoms with Crippen molar-refractivity contribution in [3.63, 3.8) is 0 Å². The summed E-state index contributed by atoms with van der Waals surface area (Å²) in [7, 11) is 0. The summed E-state index contributed by atoms with van der Waals surface area (Å²) in [6.07, 6.45) is 3.25. The molecule has 0 spiro atoms. The van der Waals surface area contributed by atoms with Crippen LogP contribution in [-0.2, 0) is 12.8 Å². The maximum absolute atomic E-state index is 8.91. The second-order valence-electron chi connectivity index (χ2n) is 4.68. The summed E-state index contributed by atoms with van der Waals surface area (Å²) in [5.74, 6) is 1.05. The van der Waals surface area contributed by atoms with Crippen molar-refractivity contribution in [1.29, 1.82) is 0 Å². The van der Waals surface area contributed by atoms with E-state index in [1.165, 1.54) is 11.1 Å². The molecule has 1 aliphatic rings. The van der Waals surface area contributed by atoms with Gasteiger partial charge >= 0.3 is 0 Å². The van der Waals surface area contributed by atoms with E-state index in [2.05, 4.69) is 23.5 Å². The zero-order valence-electron chi connectivity index (χ0n) is 10.4. The van der Waals surface area contributed by atoms with Crippen molar-refractivity contribution in [2.45, 2.75) is 32.2 Å². The second-order valence-corrected chi connectivity index (χ2v) is 4.68. The van der Waals surface area contributed by atoms with E-state index in [9.17, 15) is 0 Å². The molecule has 0 amide bonds. The molecule has 1 aliphatic heterocycles. The zero-order valence-corrected chi connectivity index (χ0v) is 10.4. The van der Waals surface area contributed by atoms with Gasteiger partial charge in [0, 0.05) is 6.04 Å². The number of aliphatic hydroxyl groups is 1. The minimum Gasteiger partial charge on any atom is -0.493 e. The molecule has 94 valence electrons. The van der Waals surface area contributed by atoms with E-state index in [4.69, 9.17) is 9.84 Å². The lowest BCUT2D eigenvalue weighted by Gasteiger charge is -2.18. The fourth-order valence-electron chi connectivity index (χ4n) is 2.10. The first-order chi connectivity index (χ1) is 8.29. The van der Waals surface area contributed by atoms with Crippen LogP contribution in [0.3, 0.4) is 0 Å². The van der Waals surface area contributed by atoms with Gasteiger partial charge in [0.1, 0.15) is 5.75 Å². The summed E-state index contributed by atoms with van der Waals surface area (Å²) in [6, 6.07) is 6.64. The van der Waals surface area contributed by atoms with Crippen LogP contribution in [0.4, 0.5) is 0 Å². The van der Waals surface area contributed by atoms with Gasteiger partial charge in [-0.15, -0.1) is 0 Å². The highest BCUT2D eigenvalue weighted by molar-refractivity contribution is 5.38. The number of aryl methyl sites for hydroxylation is 1. The Hall–Kier alpha value is -1.06. The van der Waals surface area contributed by atoms with Crippen LogP contribution in [0.25, 0.3) is 0 Å². The largest absolute Gasteiger partial charge is 0.493 e. The minimum atomic E-state index is 0.177. The Bertz CT molecular complexity index is 365. The number of nitrogens with one attached hydrogen (secondary N) is 1. The molecule has 0 saturated carbocycles. The number of hydrogen-bond acceptors (Lipinski definition) is 3. The van der Waals surface area contributed by atoms with E-state index in [1.807, 2.05) is 6.92 Å². The Labute approximate surface area is 103 Å². The van der Waals surface area contributed by atoms with Crippen LogP contribution in [0.15, 0.2) is 18.2 Å². The molecular weight excluding hydrogens is 214 g/mol. The van der Waals surface area contributed by atoms with Gasteiger partial charge in [-0.1, -0.05) is 12.1 Å². The number of benzene rings is 1. The van der Waals surface area contributed by atoms with Crippen LogP contribution in [0.1, 0.15) is 24.5 Å². The molecule has 0 bridgehead atoms. The molecule has 1 aromatic carbocycles. The minimum absolute atomic E-state index is 0.177. The average molecular weight is 235 g/mol. The van der Waals surface area contributed by atoms with E-state index in [1.54, 1.807) is 0 Å². The Morgan fingerprint density at radius 2 is 2.35 bits per heavy atom. The number of hydrogen-bond donors (Lipinski definition) is 2. The summed E-state index contributed by atoms with van der Waals surface area (Å²) in [6.45, 7) is 3.93. The van der Waals surface area contributed by atoms with Crippen LogP contribution >= 0.6 is 0 Å². The number of rotatable bonds is 5. The Balaban J connectivity index is 1.89. The van der Waals surface area contributed by atoms with E-state index in [-0.39, 0.29) is 12.6 Å². The van der Waals surface area contributed by atoms with Crippen molar-refractivity contribution in [2.75, 3.05) is 19.8 Å². The van der Waals surface area contributed by atoms with Crippen LogP contribution < -0.4 is 10.1 Å². The van der Waals surface area contributed by atoms with Crippen LogP contribution in [0, 0.1) is 0 Å². The molecule has 3 nitrogen and oxygen atoms in total. The fourth-order valence-corrected chi connectivity index (χ4v) is 2.10. The highest BCUT2D eigenvalue weighted by Crippen LogP contribution is 2.25. The number of ether oxygens (including phenoxy) is 1. The van der Waals surface area contributed by atoms with Gasteiger partial charge in [0.2, 0.25) is 0 Å². The maximum Gasteiger partial charge on any atom is 0.122 e. The molecule has 17 heavy (non-hydrogen) atoms. The third kappa shape index (κ3) is 3.45. The van der Waals surface area contributed by atoms with Crippen molar-refractivity contribution in [2.24, 2.45) is 0 Å². The van der Waals surface area contributed by atoms with E-state index < -0.39 is 0 Å². The Morgan fingerprint density at radius 3 is 3.18 bits per heavy atom. The maximum atomic E-state index is 8.91. The highest BCUT2D eigenvalue weighted by Gasteiger charge is 2.10. The molecule has 1 atom stereocenters. The molecule has 0 aliphatic carbocycles. The first-order valence-corrected chi connectivity index (χ1v) is 6.38. The standard InChI is InChI=1S/C14H21NO2/c1-11(10-16)15-7-6-12-4-5-14-13(9-12)3-2-8-17-14/h4-5,9,11,15-16H,2-3,6-8,10H2,1H3. The topological polar surface area (TPSA) is 41.5 Å². The quantitative estimate of drug-likeness (QED) is 0.813. The summed E-state index contributed by atoms with van der Waals surface area (Å²) in [5.41, 5.74) is 2.68. The molecule has 0 radical (unpaired) electrons. The summed E-state index contributed by atoms with van der Waals surface area (Å²) >= 11 is 0. The van der Waals surface area contributed by atoms with Crippen LogP contribution in [-0.4, -0.2) is 30.9 Å². The highest BCUT2D eigenvalue weighted by atomic mass is 16.5. The normalized spacial score (nSPS) is 16.1. The van der Waals surface area contributed by atoms with E-state index >= 15 is 0 Å². The first-order valence-electron chi connectivity index (χ1n) is 6.38. The Kier molecular flexibility index (Phi) is 4.40. The third-order valence-electron chi connectivity index (χ3n) is 3.15. The molecule has 1 aromatic rings. The number of fused-ring (bicyclic) bond motifs is 1. The van der Waals surface area contributed by atoms with Gasteiger partial charge in [0.05, 0.1) is 13.2 Å². The second kappa shape index (κ2) is 6.03. The summed E-state index contributed by atoms with van der Waals surface area (Å²) in [5, 5.41) is 12.2. The van der Waals surface area contributed by atoms with Gasteiger partial charge in [0.25, 0.3) is 0 Å².